The number of nitrogens with two attached hydrogens (primary N) is 1. The van der Waals surface area contributed by atoms with Gasteiger partial charge in [0.2, 0.25) is 0 Å². The summed E-state index contributed by atoms with van der Waals surface area (Å²) in [6.07, 6.45) is 4.55. The zero-order valence-corrected chi connectivity index (χ0v) is 8.91. The van der Waals surface area contributed by atoms with Crippen LogP contribution in [0.4, 0.5) is 0 Å². The van der Waals surface area contributed by atoms with Gasteiger partial charge >= 0.3 is 0 Å². The number of hydrogen-bond acceptors (Lipinski definition) is 3. The summed E-state index contributed by atoms with van der Waals surface area (Å²) in [5, 5.41) is 0. The molecule has 1 fully saturated rings. The summed E-state index contributed by atoms with van der Waals surface area (Å²) in [7, 11) is 1.65. The van der Waals surface area contributed by atoms with Crippen LogP contribution in [0.5, 0.6) is 5.75 Å². The van der Waals surface area contributed by atoms with E-state index in [2.05, 4.69) is 20.9 Å². The Labute approximate surface area is 85.4 Å². The molecule has 2 unspecified atom stereocenters. The number of pyridine rings is 1. The molecule has 0 spiro atoms. The minimum absolute atomic E-state index is 0.285. The SMILES string of the molecule is COc1cncc(Br)c1C1CC1N. The van der Waals surface area contributed by atoms with Crippen LogP contribution in [0.3, 0.4) is 0 Å². The molecule has 2 rings (SSSR count). The van der Waals surface area contributed by atoms with Crippen LogP contribution < -0.4 is 10.5 Å². The molecule has 1 aliphatic carbocycles. The molecule has 0 bridgehead atoms. The van der Waals surface area contributed by atoms with Gasteiger partial charge in [0.05, 0.1) is 13.3 Å². The lowest BCUT2D eigenvalue weighted by molar-refractivity contribution is 0.407. The average Bonchev–Trinajstić information content (AvgIpc) is 2.82. The highest BCUT2D eigenvalue weighted by Crippen LogP contribution is 2.46. The minimum atomic E-state index is 0.285. The summed E-state index contributed by atoms with van der Waals surface area (Å²) < 4.78 is 6.22. The van der Waals surface area contributed by atoms with Gasteiger partial charge < -0.3 is 10.5 Å². The quantitative estimate of drug-likeness (QED) is 0.859. The molecule has 0 amide bonds. The molecule has 2 atom stereocenters. The third kappa shape index (κ3) is 1.56. The smallest absolute Gasteiger partial charge is 0.141 e. The first-order chi connectivity index (χ1) is 6.24. The molecule has 4 heteroatoms. The van der Waals surface area contributed by atoms with Crippen LogP contribution in [-0.2, 0) is 0 Å². The molecule has 1 aromatic rings. The fourth-order valence-corrected chi connectivity index (χ4v) is 2.10. The predicted molar refractivity (Wildman–Crippen MR) is 53.8 cm³/mol. The predicted octanol–water partition coefficient (Wildman–Crippen LogP) is 1.67. The van der Waals surface area contributed by atoms with E-state index in [1.807, 2.05) is 0 Å². The van der Waals surface area contributed by atoms with Crippen LogP contribution in [0.2, 0.25) is 0 Å². The molecule has 1 aliphatic rings. The highest BCUT2D eigenvalue weighted by molar-refractivity contribution is 9.10. The molecule has 1 heterocycles. The van der Waals surface area contributed by atoms with Crippen LogP contribution in [-0.4, -0.2) is 18.1 Å². The van der Waals surface area contributed by atoms with Crippen LogP contribution in [0.1, 0.15) is 17.9 Å². The Balaban J connectivity index is 2.41. The molecule has 0 saturated heterocycles. The van der Waals surface area contributed by atoms with Crippen LogP contribution in [0.15, 0.2) is 16.9 Å². The van der Waals surface area contributed by atoms with Gasteiger partial charge in [-0.05, 0) is 22.4 Å². The van der Waals surface area contributed by atoms with E-state index in [-0.39, 0.29) is 6.04 Å². The van der Waals surface area contributed by atoms with E-state index in [1.165, 1.54) is 0 Å². The van der Waals surface area contributed by atoms with E-state index < -0.39 is 0 Å². The molecule has 0 radical (unpaired) electrons. The monoisotopic (exact) mass is 242 g/mol. The second kappa shape index (κ2) is 3.27. The van der Waals surface area contributed by atoms with Gasteiger partial charge in [-0.15, -0.1) is 0 Å². The zero-order chi connectivity index (χ0) is 9.42. The number of aromatic nitrogens is 1. The van der Waals surface area contributed by atoms with E-state index in [0.717, 1.165) is 22.2 Å². The lowest BCUT2D eigenvalue weighted by Gasteiger charge is -2.08. The Kier molecular flexibility index (Phi) is 2.26. The summed E-state index contributed by atoms with van der Waals surface area (Å²) in [5.41, 5.74) is 6.95. The number of nitrogens with zero attached hydrogens (tertiary/aromatic N) is 1. The average molecular weight is 243 g/mol. The maximum absolute atomic E-state index is 5.79. The normalized spacial score (nSPS) is 25.8. The molecule has 2 N–H and O–H groups in total. The summed E-state index contributed by atoms with van der Waals surface area (Å²) >= 11 is 3.46. The van der Waals surface area contributed by atoms with Crippen molar-refractivity contribution in [3.63, 3.8) is 0 Å². The van der Waals surface area contributed by atoms with Crippen molar-refractivity contribution < 1.29 is 4.74 Å². The van der Waals surface area contributed by atoms with Crippen molar-refractivity contribution in [3.8, 4) is 5.75 Å². The van der Waals surface area contributed by atoms with Crippen molar-refractivity contribution in [1.29, 1.82) is 0 Å². The van der Waals surface area contributed by atoms with E-state index in [0.29, 0.717) is 5.92 Å². The van der Waals surface area contributed by atoms with Crippen molar-refractivity contribution in [3.05, 3.63) is 22.4 Å². The van der Waals surface area contributed by atoms with Gasteiger partial charge in [0.1, 0.15) is 5.75 Å². The standard InChI is InChI=1S/C9H11BrN2O/c1-13-8-4-12-3-6(10)9(8)5-2-7(5)11/h3-5,7H,2,11H2,1H3. The van der Waals surface area contributed by atoms with Crippen molar-refractivity contribution in [1.82, 2.24) is 4.98 Å². The first-order valence-corrected chi connectivity index (χ1v) is 4.96. The zero-order valence-electron chi connectivity index (χ0n) is 7.33. The Morgan fingerprint density at radius 3 is 2.85 bits per heavy atom. The van der Waals surface area contributed by atoms with Gasteiger partial charge in [-0.1, -0.05) is 0 Å². The van der Waals surface area contributed by atoms with Crippen LogP contribution in [0.25, 0.3) is 0 Å². The highest BCUT2D eigenvalue weighted by Gasteiger charge is 2.38. The van der Waals surface area contributed by atoms with E-state index in [9.17, 15) is 0 Å². The van der Waals surface area contributed by atoms with E-state index >= 15 is 0 Å². The highest BCUT2D eigenvalue weighted by atomic mass is 79.9. The second-order valence-electron chi connectivity index (χ2n) is 3.24. The number of rotatable bonds is 2. The summed E-state index contributed by atoms with van der Waals surface area (Å²) in [6.45, 7) is 0. The molecule has 3 nitrogen and oxygen atoms in total. The number of hydrogen-bond donors (Lipinski definition) is 1. The van der Waals surface area contributed by atoms with Gasteiger partial charge in [0.15, 0.2) is 0 Å². The minimum Gasteiger partial charge on any atom is -0.495 e. The summed E-state index contributed by atoms with van der Waals surface area (Å²) in [6, 6.07) is 0.285. The van der Waals surface area contributed by atoms with Crippen LogP contribution in [0, 0.1) is 0 Å². The summed E-state index contributed by atoms with van der Waals surface area (Å²) in [4.78, 5) is 4.04. The second-order valence-corrected chi connectivity index (χ2v) is 4.10. The number of methoxy groups -OCH3 is 1. The molecule has 70 valence electrons. The van der Waals surface area contributed by atoms with Gasteiger partial charge in [0, 0.05) is 28.2 Å². The number of halogens is 1. The Hall–Kier alpha value is -0.610. The van der Waals surface area contributed by atoms with Gasteiger partial charge in [-0.2, -0.15) is 0 Å². The Bertz CT molecular complexity index is 329. The topological polar surface area (TPSA) is 48.1 Å². The molecule has 1 saturated carbocycles. The first kappa shape index (κ1) is 8.97. The van der Waals surface area contributed by atoms with Crippen LogP contribution >= 0.6 is 15.9 Å². The Morgan fingerprint density at radius 2 is 2.31 bits per heavy atom. The molecule has 13 heavy (non-hydrogen) atoms. The van der Waals surface area contributed by atoms with Crippen molar-refractivity contribution in [2.24, 2.45) is 5.73 Å². The molecular weight excluding hydrogens is 232 g/mol. The first-order valence-electron chi connectivity index (χ1n) is 4.17. The molecule has 1 aromatic heterocycles. The Morgan fingerprint density at radius 1 is 1.62 bits per heavy atom. The fraction of sp³-hybridized carbons (Fsp3) is 0.444. The third-order valence-corrected chi connectivity index (χ3v) is 2.96. The molecule has 0 aromatic carbocycles. The van der Waals surface area contributed by atoms with Gasteiger partial charge in [0.25, 0.3) is 0 Å². The van der Waals surface area contributed by atoms with Gasteiger partial charge in [-0.3, -0.25) is 4.98 Å². The third-order valence-electron chi connectivity index (χ3n) is 2.33. The van der Waals surface area contributed by atoms with Gasteiger partial charge in [-0.25, -0.2) is 0 Å². The van der Waals surface area contributed by atoms with E-state index in [4.69, 9.17) is 10.5 Å². The lowest BCUT2D eigenvalue weighted by Crippen LogP contribution is -2.03. The largest absolute Gasteiger partial charge is 0.495 e. The van der Waals surface area contributed by atoms with Crippen molar-refractivity contribution >= 4 is 15.9 Å². The maximum atomic E-state index is 5.79. The molecule has 0 aliphatic heterocycles. The lowest BCUT2D eigenvalue weighted by atomic mass is 10.1. The fourth-order valence-electron chi connectivity index (χ4n) is 1.50. The van der Waals surface area contributed by atoms with Crippen molar-refractivity contribution in [2.75, 3.05) is 7.11 Å². The maximum Gasteiger partial charge on any atom is 0.141 e. The van der Waals surface area contributed by atoms with Crippen molar-refractivity contribution in [2.45, 2.75) is 18.4 Å². The van der Waals surface area contributed by atoms with E-state index in [1.54, 1.807) is 19.5 Å². The summed E-state index contributed by atoms with van der Waals surface area (Å²) in [5.74, 6) is 1.26. The number of ether oxygens (including phenoxy) is 1. The molecular formula is C9H11BrN2O.